The van der Waals surface area contributed by atoms with Crippen LogP contribution in [-0.4, -0.2) is 34.9 Å². The second kappa shape index (κ2) is 6.87. The summed E-state index contributed by atoms with van der Waals surface area (Å²) in [5.74, 6) is 1.53. The molecule has 2 aliphatic carbocycles. The Kier molecular flexibility index (Phi) is 4.30. The third-order valence-electron chi connectivity index (χ3n) is 6.01. The van der Waals surface area contributed by atoms with Crippen LogP contribution >= 0.6 is 11.3 Å². The molecule has 2 unspecified atom stereocenters. The molecule has 3 atom stereocenters. The van der Waals surface area contributed by atoms with Crippen molar-refractivity contribution in [1.82, 2.24) is 4.98 Å². The van der Waals surface area contributed by atoms with Crippen molar-refractivity contribution in [2.75, 3.05) is 24.3 Å². The Morgan fingerprint density at radius 2 is 2.00 bits per heavy atom. The number of aromatic nitrogens is 1. The summed E-state index contributed by atoms with van der Waals surface area (Å²) < 4.78 is 10.9. The average molecular weight is 416 g/mol. The molecule has 0 amide bonds. The molecule has 29 heavy (non-hydrogen) atoms. The van der Waals surface area contributed by atoms with Crippen molar-refractivity contribution in [1.29, 1.82) is 0 Å². The molecule has 9 nitrogen and oxygen atoms in total. The summed E-state index contributed by atoms with van der Waals surface area (Å²) in [6.45, 7) is 0.621. The summed E-state index contributed by atoms with van der Waals surface area (Å²) in [5, 5.41) is 15.5. The highest BCUT2D eigenvalue weighted by molar-refractivity contribution is 7.18. The Morgan fingerprint density at radius 3 is 2.66 bits per heavy atom. The van der Waals surface area contributed by atoms with Gasteiger partial charge in [-0.25, -0.2) is 4.98 Å². The number of nitrogens with two attached hydrogens (primary N) is 1. The average Bonchev–Trinajstić information content (AvgIpc) is 3.42. The van der Waals surface area contributed by atoms with Crippen molar-refractivity contribution in [3.63, 3.8) is 0 Å². The highest BCUT2D eigenvalue weighted by Crippen LogP contribution is 2.46. The molecule has 5 rings (SSSR count). The lowest BCUT2D eigenvalue weighted by Crippen LogP contribution is -2.25. The molecule has 3 N–H and O–H groups in total. The van der Waals surface area contributed by atoms with Crippen molar-refractivity contribution in [3.05, 3.63) is 32.7 Å². The zero-order valence-corrected chi connectivity index (χ0v) is 16.4. The topological polar surface area (TPSA) is 130 Å². The molecule has 152 valence electrons. The van der Waals surface area contributed by atoms with Gasteiger partial charge in [0.25, 0.3) is 5.69 Å². The minimum atomic E-state index is -0.600. The van der Waals surface area contributed by atoms with Crippen LogP contribution in [0, 0.1) is 22.0 Å². The molecule has 1 aromatic carbocycles. The molecule has 2 aromatic rings. The van der Waals surface area contributed by atoms with Crippen LogP contribution in [0.25, 0.3) is 0 Å². The molecule has 0 radical (unpaired) electrons. The van der Waals surface area contributed by atoms with Crippen LogP contribution in [0.3, 0.4) is 0 Å². The van der Waals surface area contributed by atoms with Crippen molar-refractivity contribution in [2.45, 2.75) is 31.7 Å². The minimum absolute atomic E-state index is 0.0786. The van der Waals surface area contributed by atoms with Crippen molar-refractivity contribution < 1.29 is 19.2 Å². The van der Waals surface area contributed by atoms with Gasteiger partial charge in [0.15, 0.2) is 16.6 Å². The largest absolute Gasteiger partial charge is 0.486 e. The van der Waals surface area contributed by atoms with Gasteiger partial charge in [-0.1, -0.05) is 17.8 Å². The van der Waals surface area contributed by atoms with Gasteiger partial charge in [-0.05, 0) is 31.1 Å². The second-order valence-electron chi connectivity index (χ2n) is 7.76. The first kappa shape index (κ1) is 18.2. The van der Waals surface area contributed by atoms with Gasteiger partial charge < -0.3 is 20.5 Å². The van der Waals surface area contributed by atoms with Crippen LogP contribution in [-0.2, 0) is 0 Å². The number of carbonyl (C=O) groups excluding carboxylic acids is 1. The lowest BCUT2D eigenvalue weighted by Gasteiger charge is -2.22. The van der Waals surface area contributed by atoms with E-state index in [1.807, 2.05) is 0 Å². The molecule has 0 spiro atoms. The van der Waals surface area contributed by atoms with Gasteiger partial charge in [0.05, 0.1) is 11.0 Å². The van der Waals surface area contributed by atoms with Crippen LogP contribution in [0.2, 0.25) is 0 Å². The third-order valence-corrected chi connectivity index (χ3v) is 7.01. The Morgan fingerprint density at radius 1 is 1.24 bits per heavy atom. The number of hydrogen-bond donors (Lipinski definition) is 2. The number of nitrogen functional groups attached to an aromatic ring is 1. The van der Waals surface area contributed by atoms with Gasteiger partial charge in [0.1, 0.15) is 29.5 Å². The number of hydrogen-bond acceptors (Lipinski definition) is 9. The van der Waals surface area contributed by atoms with E-state index in [1.165, 1.54) is 31.4 Å². The van der Waals surface area contributed by atoms with Crippen LogP contribution in [0.15, 0.2) is 12.1 Å². The smallest absolute Gasteiger partial charge is 0.284 e. The number of fused-ring (bicyclic) bond motifs is 3. The van der Waals surface area contributed by atoms with E-state index in [9.17, 15) is 14.9 Å². The lowest BCUT2D eigenvalue weighted by atomic mass is 9.96. The van der Waals surface area contributed by atoms with Gasteiger partial charge in [0, 0.05) is 12.1 Å². The number of nitrogens with zero attached hydrogens (tertiary/aromatic N) is 2. The molecule has 2 heterocycles. The van der Waals surface area contributed by atoms with Crippen molar-refractivity contribution >= 4 is 33.8 Å². The number of nitro benzene ring substituents is 1. The predicted molar refractivity (Wildman–Crippen MR) is 107 cm³/mol. The molecule has 2 saturated carbocycles. The fourth-order valence-electron chi connectivity index (χ4n) is 4.67. The Labute approximate surface area is 170 Å². The molecule has 1 aliphatic heterocycles. The minimum Gasteiger partial charge on any atom is -0.486 e. The molecule has 2 bridgehead atoms. The summed E-state index contributed by atoms with van der Waals surface area (Å²) in [7, 11) is 0. The molecule has 0 saturated heterocycles. The van der Waals surface area contributed by atoms with Gasteiger partial charge in [-0.3, -0.25) is 14.9 Å². The van der Waals surface area contributed by atoms with E-state index in [0.29, 0.717) is 36.1 Å². The lowest BCUT2D eigenvalue weighted by molar-refractivity contribution is -0.385. The number of benzene rings is 1. The number of ketones is 1. The first-order valence-corrected chi connectivity index (χ1v) is 10.5. The zero-order chi connectivity index (χ0) is 20.1. The number of thiazole rings is 1. The molecule has 10 heteroatoms. The Bertz CT molecular complexity index is 1010. The molecule has 2 fully saturated rings. The van der Waals surface area contributed by atoms with Crippen LogP contribution in [0.1, 0.15) is 40.9 Å². The third kappa shape index (κ3) is 3.17. The van der Waals surface area contributed by atoms with Crippen LogP contribution < -0.4 is 20.5 Å². The summed E-state index contributed by atoms with van der Waals surface area (Å²) in [6, 6.07) is 2.94. The first-order valence-electron chi connectivity index (χ1n) is 9.65. The van der Waals surface area contributed by atoms with E-state index in [4.69, 9.17) is 15.2 Å². The van der Waals surface area contributed by atoms with Gasteiger partial charge >= 0.3 is 0 Å². The van der Waals surface area contributed by atoms with E-state index in [2.05, 4.69) is 10.3 Å². The van der Waals surface area contributed by atoms with E-state index in [1.54, 1.807) is 0 Å². The predicted octanol–water partition coefficient (Wildman–Crippen LogP) is 3.24. The number of rotatable bonds is 5. The molecular weight excluding hydrogens is 396 g/mol. The SMILES string of the molecule is Nc1nc(N[C@H]2CC3CCC2C3)sc1C(=O)c1cc2c(cc1[N+](=O)[O-])OCCO2. The maximum atomic E-state index is 13.1. The van der Waals surface area contributed by atoms with Crippen molar-refractivity contribution in [3.8, 4) is 11.5 Å². The van der Waals surface area contributed by atoms with E-state index >= 15 is 0 Å². The number of nitrogens with one attached hydrogen (secondary N) is 1. The normalized spacial score (nSPS) is 24.5. The summed E-state index contributed by atoms with van der Waals surface area (Å²) in [6.07, 6.45) is 4.87. The standard InChI is InChI=1S/C19H20N4O5S/c20-18-17(29-19(22-18)21-12-6-9-1-2-10(12)5-9)16(24)11-7-14-15(28-4-3-27-14)8-13(11)23(25)26/h7-10,12H,1-6,20H2,(H,21,22)/t9?,10?,12-/m0/s1. The first-order chi connectivity index (χ1) is 14.0. The summed E-state index contributed by atoms with van der Waals surface area (Å²) >= 11 is 1.14. The number of carbonyl (C=O) groups is 1. The highest BCUT2D eigenvalue weighted by atomic mass is 32.1. The van der Waals surface area contributed by atoms with Gasteiger partial charge in [-0.15, -0.1) is 0 Å². The van der Waals surface area contributed by atoms with Gasteiger partial charge in [-0.2, -0.15) is 0 Å². The molecule has 3 aliphatic rings. The van der Waals surface area contributed by atoms with E-state index in [0.717, 1.165) is 23.7 Å². The fraction of sp³-hybridized carbons (Fsp3) is 0.474. The summed E-state index contributed by atoms with van der Waals surface area (Å²) in [4.78, 5) is 28.6. The monoisotopic (exact) mass is 416 g/mol. The number of anilines is 2. The van der Waals surface area contributed by atoms with Crippen molar-refractivity contribution in [2.24, 2.45) is 11.8 Å². The maximum Gasteiger partial charge on any atom is 0.284 e. The van der Waals surface area contributed by atoms with E-state index in [-0.39, 0.29) is 27.7 Å². The highest BCUT2D eigenvalue weighted by Gasteiger charge is 2.40. The zero-order valence-electron chi connectivity index (χ0n) is 15.6. The van der Waals surface area contributed by atoms with E-state index < -0.39 is 10.7 Å². The summed E-state index contributed by atoms with van der Waals surface area (Å²) in [5.41, 5.74) is 5.59. The van der Waals surface area contributed by atoms with Gasteiger partial charge in [0.2, 0.25) is 5.78 Å². The Hall–Kier alpha value is -2.88. The van der Waals surface area contributed by atoms with Crippen LogP contribution in [0.4, 0.5) is 16.6 Å². The second-order valence-corrected chi connectivity index (χ2v) is 8.76. The maximum absolute atomic E-state index is 13.1. The Balaban J connectivity index is 1.45. The van der Waals surface area contributed by atoms with Crippen LogP contribution in [0.5, 0.6) is 11.5 Å². The number of nitro groups is 1. The molecule has 1 aromatic heterocycles. The molecular formula is C19H20N4O5S. The fourth-order valence-corrected chi connectivity index (χ4v) is 5.57. The quantitative estimate of drug-likeness (QED) is 0.432. The number of ether oxygens (including phenoxy) is 2.